The molecule has 0 saturated heterocycles. The van der Waals surface area contributed by atoms with E-state index in [0.29, 0.717) is 11.0 Å². The van der Waals surface area contributed by atoms with Crippen LogP contribution in [0.2, 0.25) is 0 Å². The van der Waals surface area contributed by atoms with Gasteiger partial charge in [0.15, 0.2) is 12.0 Å². The summed E-state index contributed by atoms with van der Waals surface area (Å²) in [4.78, 5) is 0. The van der Waals surface area contributed by atoms with Crippen molar-refractivity contribution in [2.75, 3.05) is 0 Å². The van der Waals surface area contributed by atoms with Crippen LogP contribution in [-0.2, 0) is 7.05 Å². The number of halogens is 1. The third-order valence-electron chi connectivity index (χ3n) is 1.69. The molecule has 0 aliphatic heterocycles. The van der Waals surface area contributed by atoms with Crippen molar-refractivity contribution in [3.8, 4) is 0 Å². The Labute approximate surface area is 67.4 Å². The first-order valence-electron chi connectivity index (χ1n) is 3.40. The molecule has 0 aromatic carbocycles. The van der Waals surface area contributed by atoms with Gasteiger partial charge in [-0.2, -0.15) is 0 Å². The summed E-state index contributed by atoms with van der Waals surface area (Å²) >= 11 is 0. The van der Waals surface area contributed by atoms with Gasteiger partial charge in [0.25, 0.3) is 0 Å². The number of pyridine rings is 1. The van der Waals surface area contributed by atoms with E-state index in [9.17, 15) is 9.60 Å². The lowest BCUT2D eigenvalue weighted by Gasteiger charge is -1.91. The summed E-state index contributed by atoms with van der Waals surface area (Å²) in [7, 11) is 1.67. The van der Waals surface area contributed by atoms with Gasteiger partial charge in [0, 0.05) is 0 Å². The molecule has 0 saturated carbocycles. The van der Waals surface area contributed by atoms with Crippen molar-refractivity contribution < 1.29 is 14.3 Å². The zero-order valence-corrected chi connectivity index (χ0v) is 6.40. The zero-order valence-electron chi connectivity index (χ0n) is 6.40. The van der Waals surface area contributed by atoms with E-state index in [4.69, 9.17) is 0 Å². The van der Waals surface area contributed by atoms with Gasteiger partial charge in [-0.3, -0.25) is 0 Å². The second kappa shape index (κ2) is 2.17. The maximum absolute atomic E-state index is 12.7. The van der Waals surface area contributed by atoms with Crippen molar-refractivity contribution in [3.05, 3.63) is 24.3 Å². The summed E-state index contributed by atoms with van der Waals surface area (Å²) in [5, 5.41) is 13.7. The van der Waals surface area contributed by atoms with E-state index in [2.05, 4.69) is 5.10 Å². The fourth-order valence-corrected chi connectivity index (χ4v) is 1.19. The van der Waals surface area contributed by atoms with Gasteiger partial charge < -0.3 is 5.21 Å². The number of aryl methyl sites for hydroxylation is 1. The Bertz CT molecular complexity index is 437. The minimum absolute atomic E-state index is 0.469. The molecule has 0 atom stereocenters. The average Bonchev–Trinajstić information content (AvgIpc) is 2.31. The van der Waals surface area contributed by atoms with Gasteiger partial charge in [-0.1, -0.05) is 5.10 Å². The molecule has 2 aromatic heterocycles. The lowest BCUT2D eigenvalue weighted by molar-refractivity contribution is -0.887. The molecule has 12 heavy (non-hydrogen) atoms. The van der Waals surface area contributed by atoms with Gasteiger partial charge in [-0.15, -0.1) is 4.68 Å². The molecule has 2 aromatic rings. The number of aromatic nitrogens is 3. The lowest BCUT2D eigenvalue weighted by Crippen LogP contribution is -2.32. The monoisotopic (exact) mass is 168 g/mol. The standard InChI is InChI=1S/C7H7FN3O/c1-10-7-5(3-9-10)2-6(8)4-11(7)12/h2-4,12H,1H3/q+1. The van der Waals surface area contributed by atoms with Gasteiger partial charge >= 0.3 is 5.65 Å². The molecule has 5 heteroatoms. The fourth-order valence-electron chi connectivity index (χ4n) is 1.19. The molecular weight excluding hydrogens is 161 g/mol. The van der Waals surface area contributed by atoms with Gasteiger partial charge in [-0.05, 0) is 10.8 Å². The third kappa shape index (κ3) is 0.827. The summed E-state index contributed by atoms with van der Waals surface area (Å²) in [5.74, 6) is -0.488. The highest BCUT2D eigenvalue weighted by molar-refractivity contribution is 5.70. The van der Waals surface area contributed by atoms with E-state index in [1.54, 1.807) is 7.05 Å². The fraction of sp³-hybridized carbons (Fsp3) is 0.143. The van der Waals surface area contributed by atoms with Gasteiger partial charge in [0.1, 0.15) is 7.05 Å². The van der Waals surface area contributed by atoms with Crippen LogP contribution in [0.15, 0.2) is 18.5 Å². The first kappa shape index (κ1) is 7.02. The van der Waals surface area contributed by atoms with Crippen molar-refractivity contribution >= 4 is 11.0 Å². The van der Waals surface area contributed by atoms with Crippen LogP contribution in [0.3, 0.4) is 0 Å². The SMILES string of the molecule is Cn1ncc2cc(F)c[n+](O)c21. The molecule has 62 valence electrons. The predicted molar refractivity (Wildman–Crippen MR) is 38.1 cm³/mol. The number of nitrogens with zero attached hydrogens (tertiary/aromatic N) is 3. The molecule has 0 amide bonds. The molecule has 0 unspecified atom stereocenters. The van der Waals surface area contributed by atoms with Crippen LogP contribution in [0.1, 0.15) is 0 Å². The molecule has 4 nitrogen and oxygen atoms in total. The van der Waals surface area contributed by atoms with Crippen molar-refractivity contribution in [1.82, 2.24) is 9.78 Å². The maximum Gasteiger partial charge on any atom is 0.349 e. The maximum atomic E-state index is 12.7. The first-order valence-corrected chi connectivity index (χ1v) is 3.40. The summed E-state index contributed by atoms with van der Waals surface area (Å²) in [5.41, 5.74) is 0.469. The van der Waals surface area contributed by atoms with E-state index in [-0.39, 0.29) is 0 Å². The Morgan fingerprint density at radius 1 is 1.67 bits per heavy atom. The Morgan fingerprint density at radius 3 is 3.17 bits per heavy atom. The van der Waals surface area contributed by atoms with Crippen LogP contribution in [0.25, 0.3) is 11.0 Å². The van der Waals surface area contributed by atoms with Gasteiger partial charge in [-0.25, -0.2) is 4.39 Å². The van der Waals surface area contributed by atoms with Crippen LogP contribution in [0.5, 0.6) is 0 Å². The molecule has 0 aliphatic carbocycles. The van der Waals surface area contributed by atoms with Crippen molar-refractivity contribution in [3.63, 3.8) is 0 Å². The van der Waals surface area contributed by atoms with Crippen LogP contribution >= 0.6 is 0 Å². The molecule has 0 bridgehead atoms. The summed E-state index contributed by atoms with van der Waals surface area (Å²) in [6.07, 6.45) is 2.48. The van der Waals surface area contributed by atoms with Crippen molar-refractivity contribution in [1.29, 1.82) is 0 Å². The van der Waals surface area contributed by atoms with Crippen LogP contribution in [-0.4, -0.2) is 15.0 Å². The number of rotatable bonds is 0. The molecule has 2 rings (SSSR count). The summed E-state index contributed by atoms with van der Waals surface area (Å²) in [6, 6.07) is 1.31. The quantitative estimate of drug-likeness (QED) is 0.452. The average molecular weight is 168 g/mol. The minimum Gasteiger partial charge on any atom is -0.350 e. The van der Waals surface area contributed by atoms with E-state index >= 15 is 0 Å². The van der Waals surface area contributed by atoms with Gasteiger partial charge in [0.05, 0.1) is 11.6 Å². The Kier molecular flexibility index (Phi) is 1.27. The Hall–Kier alpha value is -1.65. The minimum atomic E-state index is -0.488. The van der Waals surface area contributed by atoms with Crippen LogP contribution in [0.4, 0.5) is 4.39 Å². The van der Waals surface area contributed by atoms with E-state index in [0.717, 1.165) is 10.9 Å². The van der Waals surface area contributed by atoms with Crippen molar-refractivity contribution in [2.24, 2.45) is 7.05 Å². The normalized spacial score (nSPS) is 10.8. The van der Waals surface area contributed by atoms with E-state index < -0.39 is 5.82 Å². The van der Waals surface area contributed by atoms with Crippen molar-refractivity contribution in [2.45, 2.75) is 0 Å². The molecule has 0 aliphatic rings. The zero-order chi connectivity index (χ0) is 8.72. The lowest BCUT2D eigenvalue weighted by atomic mass is 10.3. The molecule has 0 spiro atoms. The Balaban J connectivity index is 2.93. The smallest absolute Gasteiger partial charge is 0.349 e. The number of fused-ring (bicyclic) bond motifs is 1. The molecule has 0 fully saturated rings. The highest BCUT2D eigenvalue weighted by atomic mass is 19.1. The number of hydrogen-bond donors (Lipinski definition) is 1. The number of hydrogen-bond acceptors (Lipinski definition) is 2. The van der Waals surface area contributed by atoms with E-state index in [1.807, 2.05) is 0 Å². The highest BCUT2D eigenvalue weighted by Gasteiger charge is 2.13. The van der Waals surface area contributed by atoms with Crippen LogP contribution in [0, 0.1) is 5.82 Å². The second-order valence-electron chi connectivity index (χ2n) is 2.55. The third-order valence-corrected chi connectivity index (χ3v) is 1.69. The van der Waals surface area contributed by atoms with E-state index in [1.165, 1.54) is 16.9 Å². The molecule has 2 heterocycles. The molecule has 1 N–H and O–H groups in total. The molecule has 0 radical (unpaired) electrons. The second-order valence-corrected chi connectivity index (χ2v) is 2.55. The largest absolute Gasteiger partial charge is 0.350 e. The predicted octanol–water partition coefficient (Wildman–Crippen LogP) is 0.237. The highest BCUT2D eigenvalue weighted by Crippen LogP contribution is 2.08. The van der Waals surface area contributed by atoms with Crippen LogP contribution < -0.4 is 4.73 Å². The summed E-state index contributed by atoms with van der Waals surface area (Å²) in [6.45, 7) is 0. The first-order chi connectivity index (χ1) is 5.68. The topological polar surface area (TPSA) is 41.9 Å². The van der Waals surface area contributed by atoms with Gasteiger partial charge in [0.2, 0.25) is 0 Å². The molecular formula is C7H7FN3O+. The Morgan fingerprint density at radius 2 is 2.42 bits per heavy atom. The summed E-state index contributed by atoms with van der Waals surface area (Å²) < 4.78 is 14.9.